The van der Waals surface area contributed by atoms with Crippen LogP contribution in [-0.2, 0) is 14.9 Å². The highest BCUT2D eigenvalue weighted by Gasteiger charge is 2.18. The van der Waals surface area contributed by atoms with Crippen LogP contribution in [0.5, 0.6) is 0 Å². The summed E-state index contributed by atoms with van der Waals surface area (Å²) in [5.74, 6) is -0.315. The molecule has 1 aromatic rings. The number of benzene rings is 1. The third-order valence-electron chi connectivity index (χ3n) is 3.88. The molecule has 0 fully saturated rings. The van der Waals surface area contributed by atoms with E-state index in [-0.39, 0.29) is 23.7 Å². The zero-order valence-corrected chi connectivity index (χ0v) is 15.0. The van der Waals surface area contributed by atoms with Crippen LogP contribution in [0.25, 0.3) is 0 Å². The van der Waals surface area contributed by atoms with Crippen molar-refractivity contribution in [2.24, 2.45) is 0 Å². The zero-order chi connectivity index (χ0) is 17.5. The van der Waals surface area contributed by atoms with Crippen molar-refractivity contribution in [3.05, 3.63) is 35.4 Å². The number of unbranched alkanes of at least 4 members (excludes halogenated alkanes) is 1. The van der Waals surface area contributed by atoms with Gasteiger partial charge in [0.05, 0.1) is 13.5 Å². The fraction of sp³-hybridized carbons (Fsp3) is 0.579. The molecule has 0 aliphatic rings. The number of carbonyl (C=O) groups excluding carboxylic acids is 2. The molecule has 1 amide bonds. The molecule has 4 nitrogen and oxygen atoms in total. The predicted molar refractivity (Wildman–Crippen MR) is 92.6 cm³/mol. The van der Waals surface area contributed by atoms with Crippen LogP contribution in [0.1, 0.15) is 62.9 Å². The number of amides is 1. The first-order valence-corrected chi connectivity index (χ1v) is 8.26. The average molecular weight is 319 g/mol. The van der Waals surface area contributed by atoms with Gasteiger partial charge >= 0.3 is 5.97 Å². The molecule has 0 aliphatic heterocycles. The molecular weight excluding hydrogens is 290 g/mol. The SMILES string of the molecule is CCCCN(CCC(=O)OC)C(=O)c1ccc(C(C)(C)C)cc1. The molecule has 0 bridgehead atoms. The zero-order valence-electron chi connectivity index (χ0n) is 15.0. The Balaban J connectivity index is 2.84. The first kappa shape index (κ1) is 19.2. The summed E-state index contributed by atoms with van der Waals surface area (Å²) < 4.78 is 4.67. The van der Waals surface area contributed by atoms with Crippen molar-refractivity contribution >= 4 is 11.9 Å². The quantitative estimate of drug-likeness (QED) is 0.718. The molecule has 0 atom stereocenters. The molecule has 0 heterocycles. The number of ether oxygens (including phenoxy) is 1. The van der Waals surface area contributed by atoms with E-state index in [1.54, 1.807) is 4.90 Å². The molecule has 0 aliphatic carbocycles. The summed E-state index contributed by atoms with van der Waals surface area (Å²) in [4.78, 5) is 25.8. The van der Waals surface area contributed by atoms with E-state index in [2.05, 4.69) is 32.4 Å². The molecule has 0 spiro atoms. The molecule has 128 valence electrons. The van der Waals surface area contributed by atoms with Crippen LogP contribution in [0.2, 0.25) is 0 Å². The van der Waals surface area contributed by atoms with Crippen molar-refractivity contribution in [3.8, 4) is 0 Å². The van der Waals surface area contributed by atoms with E-state index >= 15 is 0 Å². The average Bonchev–Trinajstić information content (AvgIpc) is 2.53. The van der Waals surface area contributed by atoms with E-state index in [1.807, 2.05) is 24.3 Å². The molecule has 0 N–H and O–H groups in total. The minimum absolute atomic E-state index is 0.0252. The molecule has 1 aromatic carbocycles. The van der Waals surface area contributed by atoms with Gasteiger partial charge in [-0.2, -0.15) is 0 Å². The second-order valence-electron chi connectivity index (χ2n) is 6.80. The smallest absolute Gasteiger partial charge is 0.307 e. The topological polar surface area (TPSA) is 46.6 Å². The highest BCUT2D eigenvalue weighted by Crippen LogP contribution is 2.22. The Morgan fingerprint density at radius 1 is 1.09 bits per heavy atom. The summed E-state index contributed by atoms with van der Waals surface area (Å²) in [5, 5.41) is 0. The lowest BCUT2D eigenvalue weighted by atomic mass is 9.86. The Morgan fingerprint density at radius 2 is 1.70 bits per heavy atom. The molecule has 0 aromatic heterocycles. The number of hydrogen-bond acceptors (Lipinski definition) is 3. The maximum Gasteiger partial charge on any atom is 0.307 e. The van der Waals surface area contributed by atoms with Gasteiger partial charge in [0.25, 0.3) is 5.91 Å². The van der Waals surface area contributed by atoms with Gasteiger partial charge in [0.2, 0.25) is 0 Å². The summed E-state index contributed by atoms with van der Waals surface area (Å²) >= 11 is 0. The Bertz CT molecular complexity index is 514. The number of nitrogens with zero attached hydrogens (tertiary/aromatic N) is 1. The van der Waals surface area contributed by atoms with Crippen LogP contribution >= 0.6 is 0 Å². The van der Waals surface area contributed by atoms with Gasteiger partial charge in [0, 0.05) is 18.7 Å². The van der Waals surface area contributed by atoms with Gasteiger partial charge < -0.3 is 9.64 Å². The Kier molecular flexibility index (Phi) is 7.27. The monoisotopic (exact) mass is 319 g/mol. The second-order valence-corrected chi connectivity index (χ2v) is 6.80. The standard InChI is InChI=1S/C19H29NO3/c1-6-7-13-20(14-12-17(21)23-5)18(22)15-8-10-16(11-9-15)19(2,3)4/h8-11H,6-7,12-14H2,1-5H3. The molecule has 1 rings (SSSR count). The predicted octanol–water partition coefficient (Wildman–Crippen LogP) is 3.79. The summed E-state index contributed by atoms with van der Waals surface area (Å²) in [6.45, 7) is 9.58. The second kappa shape index (κ2) is 8.70. The van der Waals surface area contributed by atoms with Crippen molar-refractivity contribution in [2.45, 2.75) is 52.4 Å². The Hall–Kier alpha value is -1.84. The van der Waals surface area contributed by atoms with Crippen LogP contribution < -0.4 is 0 Å². The minimum atomic E-state index is -0.289. The molecule has 4 heteroatoms. The number of methoxy groups -OCH3 is 1. The van der Waals surface area contributed by atoms with Crippen molar-refractivity contribution in [1.29, 1.82) is 0 Å². The van der Waals surface area contributed by atoms with Gasteiger partial charge in [-0.05, 0) is 29.5 Å². The third-order valence-corrected chi connectivity index (χ3v) is 3.88. The van der Waals surface area contributed by atoms with Gasteiger partial charge in [0.15, 0.2) is 0 Å². The van der Waals surface area contributed by atoms with E-state index in [9.17, 15) is 9.59 Å². The highest BCUT2D eigenvalue weighted by atomic mass is 16.5. The van der Waals surface area contributed by atoms with Crippen molar-refractivity contribution < 1.29 is 14.3 Å². The maximum absolute atomic E-state index is 12.7. The largest absolute Gasteiger partial charge is 0.469 e. The number of esters is 1. The number of hydrogen-bond donors (Lipinski definition) is 0. The Morgan fingerprint density at radius 3 is 2.17 bits per heavy atom. The van der Waals surface area contributed by atoms with E-state index < -0.39 is 0 Å². The summed E-state index contributed by atoms with van der Waals surface area (Å²) in [6, 6.07) is 7.76. The van der Waals surface area contributed by atoms with E-state index in [0.717, 1.165) is 12.8 Å². The van der Waals surface area contributed by atoms with E-state index in [0.29, 0.717) is 18.7 Å². The molecular formula is C19H29NO3. The van der Waals surface area contributed by atoms with Gasteiger partial charge in [-0.25, -0.2) is 0 Å². The fourth-order valence-corrected chi connectivity index (χ4v) is 2.29. The van der Waals surface area contributed by atoms with E-state index in [1.165, 1.54) is 12.7 Å². The normalized spacial score (nSPS) is 11.2. The minimum Gasteiger partial charge on any atom is -0.469 e. The molecule has 0 radical (unpaired) electrons. The van der Waals surface area contributed by atoms with Gasteiger partial charge in [-0.3, -0.25) is 9.59 Å². The third kappa shape index (κ3) is 6.05. The molecule has 0 saturated heterocycles. The van der Waals surface area contributed by atoms with Crippen LogP contribution in [0.15, 0.2) is 24.3 Å². The van der Waals surface area contributed by atoms with Gasteiger partial charge in [-0.1, -0.05) is 46.2 Å². The van der Waals surface area contributed by atoms with Crippen LogP contribution in [0.4, 0.5) is 0 Å². The number of carbonyl (C=O) groups is 2. The molecule has 0 saturated carbocycles. The lowest BCUT2D eigenvalue weighted by molar-refractivity contribution is -0.140. The summed E-state index contributed by atoms with van der Waals surface area (Å²) in [6.07, 6.45) is 2.16. The lowest BCUT2D eigenvalue weighted by Gasteiger charge is -2.23. The molecule has 23 heavy (non-hydrogen) atoms. The van der Waals surface area contributed by atoms with Gasteiger partial charge in [0.1, 0.15) is 0 Å². The maximum atomic E-state index is 12.7. The van der Waals surface area contributed by atoms with Crippen molar-refractivity contribution in [1.82, 2.24) is 4.90 Å². The summed E-state index contributed by atoms with van der Waals surface area (Å²) in [5.41, 5.74) is 1.93. The van der Waals surface area contributed by atoms with E-state index in [4.69, 9.17) is 0 Å². The van der Waals surface area contributed by atoms with Crippen LogP contribution in [0.3, 0.4) is 0 Å². The first-order chi connectivity index (χ1) is 10.8. The fourth-order valence-electron chi connectivity index (χ4n) is 2.29. The lowest BCUT2D eigenvalue weighted by Crippen LogP contribution is -2.34. The van der Waals surface area contributed by atoms with Crippen LogP contribution in [-0.4, -0.2) is 37.0 Å². The van der Waals surface area contributed by atoms with Gasteiger partial charge in [-0.15, -0.1) is 0 Å². The van der Waals surface area contributed by atoms with Crippen LogP contribution in [0, 0.1) is 0 Å². The Labute approximate surface area is 139 Å². The number of rotatable bonds is 7. The summed E-state index contributed by atoms with van der Waals surface area (Å²) in [7, 11) is 1.37. The van der Waals surface area contributed by atoms with Crippen molar-refractivity contribution in [2.75, 3.05) is 20.2 Å². The highest BCUT2D eigenvalue weighted by molar-refractivity contribution is 5.94. The first-order valence-electron chi connectivity index (χ1n) is 8.26. The van der Waals surface area contributed by atoms with Crippen molar-refractivity contribution in [3.63, 3.8) is 0 Å². The molecule has 0 unspecified atom stereocenters.